The van der Waals surface area contributed by atoms with Crippen molar-refractivity contribution in [3.8, 4) is 0 Å². The van der Waals surface area contributed by atoms with Crippen molar-refractivity contribution in [3.63, 3.8) is 0 Å². The van der Waals surface area contributed by atoms with Crippen molar-refractivity contribution in [1.29, 1.82) is 0 Å². The average molecular weight is 165 g/mol. The topological polar surface area (TPSA) is 35.2 Å². The molecule has 2 nitrogen and oxygen atoms in total. The van der Waals surface area contributed by atoms with Crippen LogP contribution in [0.25, 0.3) is 0 Å². The highest BCUT2D eigenvalue weighted by Crippen LogP contribution is 2.36. The van der Waals surface area contributed by atoms with Gasteiger partial charge in [0.2, 0.25) is 0 Å². The van der Waals surface area contributed by atoms with Crippen molar-refractivity contribution >= 4 is 0 Å². The van der Waals surface area contributed by atoms with E-state index >= 15 is 0 Å². The molecule has 0 spiro atoms. The van der Waals surface area contributed by atoms with Crippen molar-refractivity contribution < 1.29 is 13.5 Å². The first-order chi connectivity index (χ1) is 5.12. The molecule has 0 aromatic heterocycles. The van der Waals surface area contributed by atoms with Crippen LogP contribution < -0.4 is 5.73 Å². The van der Waals surface area contributed by atoms with Crippen LogP contribution in [0.2, 0.25) is 0 Å². The highest BCUT2D eigenvalue weighted by Gasteiger charge is 2.46. The Hall–Kier alpha value is -0.220. The average Bonchev–Trinajstić information content (AvgIpc) is 1.86. The predicted octanol–water partition coefficient (Wildman–Crippen LogP) is 1.01. The van der Waals surface area contributed by atoms with Crippen molar-refractivity contribution in [3.05, 3.63) is 0 Å². The zero-order valence-electron chi connectivity index (χ0n) is 6.52. The van der Waals surface area contributed by atoms with E-state index in [1.54, 1.807) is 0 Å². The maximum atomic E-state index is 12.2. The van der Waals surface area contributed by atoms with Crippen molar-refractivity contribution in [1.82, 2.24) is 0 Å². The molecule has 0 amide bonds. The molecule has 2 N–H and O–H groups in total. The van der Waals surface area contributed by atoms with E-state index in [9.17, 15) is 8.78 Å². The second-order valence-corrected chi connectivity index (χ2v) is 3.07. The van der Waals surface area contributed by atoms with E-state index in [0.717, 1.165) is 0 Å². The molecular formula is C7H13F2NO. The fraction of sp³-hybridized carbons (Fsp3) is 1.00. The lowest BCUT2D eigenvalue weighted by molar-refractivity contribution is -0.150. The molecule has 0 bridgehead atoms. The second kappa shape index (κ2) is 3.03. The summed E-state index contributed by atoms with van der Waals surface area (Å²) >= 11 is 0. The minimum atomic E-state index is -2.43. The quantitative estimate of drug-likeness (QED) is 0.677. The second-order valence-electron chi connectivity index (χ2n) is 3.07. The van der Waals surface area contributed by atoms with Gasteiger partial charge in [0.25, 0.3) is 6.43 Å². The van der Waals surface area contributed by atoms with E-state index in [0.29, 0.717) is 19.6 Å². The van der Waals surface area contributed by atoms with Gasteiger partial charge in [-0.15, -0.1) is 0 Å². The maximum Gasteiger partial charge on any atom is 0.254 e. The van der Waals surface area contributed by atoms with Gasteiger partial charge in [-0.1, -0.05) is 6.92 Å². The summed E-state index contributed by atoms with van der Waals surface area (Å²) in [4.78, 5) is 0. The highest BCUT2D eigenvalue weighted by molar-refractivity contribution is 4.94. The lowest BCUT2D eigenvalue weighted by atomic mass is 9.76. The molecule has 1 heterocycles. The van der Waals surface area contributed by atoms with Crippen LogP contribution in [-0.2, 0) is 4.74 Å². The molecule has 66 valence electrons. The van der Waals surface area contributed by atoms with Gasteiger partial charge < -0.3 is 10.5 Å². The molecule has 0 aromatic carbocycles. The monoisotopic (exact) mass is 165 g/mol. The summed E-state index contributed by atoms with van der Waals surface area (Å²) in [7, 11) is 0. The number of nitrogens with two attached hydrogens (primary N) is 1. The van der Waals surface area contributed by atoms with E-state index in [2.05, 4.69) is 0 Å². The van der Waals surface area contributed by atoms with Gasteiger partial charge >= 0.3 is 0 Å². The van der Waals surface area contributed by atoms with Gasteiger partial charge in [0.15, 0.2) is 0 Å². The van der Waals surface area contributed by atoms with Crippen LogP contribution in [0.5, 0.6) is 0 Å². The first-order valence-corrected chi connectivity index (χ1v) is 3.74. The minimum Gasteiger partial charge on any atom is -0.380 e. The summed E-state index contributed by atoms with van der Waals surface area (Å²) in [6.45, 7) is 2.63. The Balaban J connectivity index is 2.54. The van der Waals surface area contributed by atoms with Gasteiger partial charge in [0.1, 0.15) is 0 Å². The summed E-state index contributed by atoms with van der Waals surface area (Å²) < 4.78 is 29.2. The molecule has 1 rings (SSSR count). The third-order valence-electron chi connectivity index (χ3n) is 2.46. The Labute approximate surface area is 64.7 Å². The number of halogens is 2. The van der Waals surface area contributed by atoms with Crippen molar-refractivity contribution in [2.75, 3.05) is 13.2 Å². The van der Waals surface area contributed by atoms with Gasteiger partial charge in [0.05, 0.1) is 19.3 Å². The van der Waals surface area contributed by atoms with E-state index in [1.807, 2.05) is 6.92 Å². The van der Waals surface area contributed by atoms with Crippen LogP contribution in [-0.4, -0.2) is 25.7 Å². The summed E-state index contributed by atoms with van der Waals surface area (Å²) in [5.74, 6) is 0. The molecule has 11 heavy (non-hydrogen) atoms. The van der Waals surface area contributed by atoms with Crippen LogP contribution >= 0.6 is 0 Å². The summed E-state index contributed by atoms with van der Waals surface area (Å²) in [5.41, 5.74) is 4.89. The lowest BCUT2D eigenvalue weighted by Crippen LogP contribution is -2.57. The molecule has 1 atom stereocenters. The van der Waals surface area contributed by atoms with E-state index in [-0.39, 0.29) is 0 Å². The molecule has 4 heteroatoms. The van der Waals surface area contributed by atoms with E-state index < -0.39 is 17.9 Å². The van der Waals surface area contributed by atoms with E-state index in [4.69, 9.17) is 10.5 Å². The van der Waals surface area contributed by atoms with Gasteiger partial charge in [-0.3, -0.25) is 0 Å². The van der Waals surface area contributed by atoms with Crippen LogP contribution in [0.15, 0.2) is 0 Å². The standard InChI is InChI=1S/C7H13F2NO/c1-2-7(3-11-4-7)5(10)6(8)9/h5-6H,2-4,10H2,1H3. The van der Waals surface area contributed by atoms with Gasteiger partial charge in [-0.2, -0.15) is 0 Å². The zero-order chi connectivity index (χ0) is 8.48. The normalized spacial score (nSPS) is 24.8. The van der Waals surface area contributed by atoms with Crippen molar-refractivity contribution in [2.24, 2.45) is 11.1 Å². The van der Waals surface area contributed by atoms with Crippen molar-refractivity contribution in [2.45, 2.75) is 25.8 Å². The summed E-state index contributed by atoms with van der Waals surface area (Å²) in [5, 5.41) is 0. The number of alkyl halides is 2. The Morgan fingerprint density at radius 3 is 2.18 bits per heavy atom. The summed E-state index contributed by atoms with van der Waals surface area (Å²) in [6, 6.07) is -1.03. The smallest absolute Gasteiger partial charge is 0.254 e. The summed E-state index contributed by atoms with van der Waals surface area (Å²) in [6.07, 6.45) is -1.77. The molecule has 0 radical (unpaired) electrons. The van der Waals surface area contributed by atoms with Crippen LogP contribution in [0.4, 0.5) is 8.78 Å². The Kier molecular flexibility index (Phi) is 2.44. The zero-order valence-corrected chi connectivity index (χ0v) is 6.52. The van der Waals surface area contributed by atoms with Crippen LogP contribution in [0.1, 0.15) is 13.3 Å². The Morgan fingerprint density at radius 1 is 1.55 bits per heavy atom. The molecule has 1 aliphatic heterocycles. The largest absolute Gasteiger partial charge is 0.380 e. The fourth-order valence-electron chi connectivity index (χ4n) is 1.26. The molecule has 1 saturated heterocycles. The Morgan fingerprint density at radius 2 is 2.09 bits per heavy atom. The number of hydrogen-bond acceptors (Lipinski definition) is 2. The molecule has 1 aliphatic rings. The SMILES string of the molecule is CCC1(C(N)C(F)F)COC1. The number of hydrogen-bond donors (Lipinski definition) is 1. The van der Waals surface area contributed by atoms with Gasteiger partial charge in [0, 0.05) is 5.41 Å². The maximum absolute atomic E-state index is 12.2. The first-order valence-electron chi connectivity index (χ1n) is 3.74. The number of rotatable bonds is 3. The van der Waals surface area contributed by atoms with Gasteiger partial charge in [-0.05, 0) is 6.42 Å². The van der Waals surface area contributed by atoms with Crippen LogP contribution in [0, 0.1) is 5.41 Å². The lowest BCUT2D eigenvalue weighted by Gasteiger charge is -2.44. The molecule has 0 aliphatic carbocycles. The fourth-order valence-corrected chi connectivity index (χ4v) is 1.26. The minimum absolute atomic E-state index is 0.384. The molecule has 0 saturated carbocycles. The highest BCUT2D eigenvalue weighted by atomic mass is 19.3. The van der Waals surface area contributed by atoms with E-state index in [1.165, 1.54) is 0 Å². The number of ether oxygens (including phenoxy) is 1. The molecule has 0 aromatic rings. The van der Waals surface area contributed by atoms with Crippen LogP contribution in [0.3, 0.4) is 0 Å². The third kappa shape index (κ3) is 1.37. The first kappa shape index (κ1) is 8.87. The third-order valence-corrected chi connectivity index (χ3v) is 2.46. The Bertz CT molecular complexity index is 131. The molecule has 1 unspecified atom stereocenters. The molecule has 1 fully saturated rings. The van der Waals surface area contributed by atoms with Gasteiger partial charge in [-0.25, -0.2) is 8.78 Å². The predicted molar refractivity (Wildman–Crippen MR) is 37.5 cm³/mol. The molecular weight excluding hydrogens is 152 g/mol.